The molecule has 0 saturated heterocycles. The summed E-state index contributed by atoms with van der Waals surface area (Å²) in [6.07, 6.45) is 1.88. The van der Waals surface area contributed by atoms with E-state index in [0.29, 0.717) is 23.6 Å². The van der Waals surface area contributed by atoms with Crippen LogP contribution in [0.1, 0.15) is 52.2 Å². The van der Waals surface area contributed by atoms with Crippen LogP contribution in [-0.2, 0) is 11.2 Å². The molecule has 2 aromatic carbocycles. The second-order valence-corrected chi connectivity index (χ2v) is 9.65. The van der Waals surface area contributed by atoms with Gasteiger partial charge in [-0.25, -0.2) is 0 Å². The summed E-state index contributed by atoms with van der Waals surface area (Å²) in [5.74, 6) is 1.26. The van der Waals surface area contributed by atoms with Crippen LogP contribution in [0, 0.1) is 6.42 Å². The van der Waals surface area contributed by atoms with Crippen LogP contribution in [0.3, 0.4) is 0 Å². The smallest absolute Gasteiger partial charge is 0.268 e. The van der Waals surface area contributed by atoms with Crippen molar-refractivity contribution in [1.82, 2.24) is 0 Å². The Balaban J connectivity index is 1.68. The van der Waals surface area contributed by atoms with E-state index in [4.69, 9.17) is 9.47 Å². The van der Waals surface area contributed by atoms with Crippen molar-refractivity contribution in [2.24, 2.45) is 0 Å². The summed E-state index contributed by atoms with van der Waals surface area (Å²) in [5.41, 5.74) is 1.53. The minimum absolute atomic E-state index is 0.0371. The first-order valence-corrected chi connectivity index (χ1v) is 10.5. The van der Waals surface area contributed by atoms with Gasteiger partial charge in [-0.3, -0.25) is 4.79 Å². The third kappa shape index (κ3) is 3.79. The Morgan fingerprint density at radius 1 is 1.10 bits per heavy atom. The average Bonchev–Trinajstić information content (AvgIpc) is 2.66. The van der Waals surface area contributed by atoms with Crippen LogP contribution in [0.25, 0.3) is 0 Å². The molecule has 1 unspecified atom stereocenters. The molecule has 2 aliphatic rings. The van der Waals surface area contributed by atoms with Crippen molar-refractivity contribution >= 4 is 11.6 Å². The second-order valence-electron chi connectivity index (χ2n) is 9.65. The van der Waals surface area contributed by atoms with Crippen molar-refractivity contribution in [3.8, 4) is 11.5 Å². The lowest BCUT2D eigenvalue weighted by Gasteiger charge is -2.44. The van der Waals surface area contributed by atoms with Crippen molar-refractivity contribution < 1.29 is 19.4 Å². The first-order valence-electron chi connectivity index (χ1n) is 10.5. The fraction of sp³-hybridized carbons (Fsp3) is 0.440. The number of carbonyl (C=O) groups excluding carboxylic acids is 1. The Labute approximate surface area is 178 Å². The number of nitrogens with zero attached hydrogens (tertiary/aromatic N) is 1. The molecule has 159 valence electrons. The van der Waals surface area contributed by atoms with Crippen molar-refractivity contribution in [2.45, 2.75) is 70.8 Å². The first kappa shape index (κ1) is 20.7. The minimum Gasteiger partial charge on any atom is -0.485 e. The highest BCUT2D eigenvalue weighted by Gasteiger charge is 2.42. The van der Waals surface area contributed by atoms with Crippen LogP contribution in [0.2, 0.25) is 0 Å². The van der Waals surface area contributed by atoms with Gasteiger partial charge in [-0.05, 0) is 59.1 Å². The number of ether oxygens (including phenoxy) is 2. The minimum atomic E-state index is -0.731. The number of anilines is 1. The van der Waals surface area contributed by atoms with E-state index in [-0.39, 0.29) is 5.91 Å². The Bertz CT molecular complexity index is 946. The highest BCUT2D eigenvalue weighted by Crippen LogP contribution is 2.46. The quantitative estimate of drug-likeness (QED) is 0.823. The van der Waals surface area contributed by atoms with Gasteiger partial charge in [0.15, 0.2) is 6.10 Å². The molecule has 5 heteroatoms. The number of carbonyl (C=O) groups is 1. The highest BCUT2D eigenvalue weighted by molar-refractivity contribution is 6.01. The zero-order chi connectivity index (χ0) is 21.7. The molecule has 0 bridgehead atoms. The number of fused-ring (bicyclic) bond motifs is 2. The summed E-state index contributed by atoms with van der Waals surface area (Å²) in [4.78, 5) is 15.2. The molecular weight excluding hydrogens is 378 g/mol. The lowest BCUT2D eigenvalue weighted by Crippen LogP contribution is -2.54. The standard InChI is InChI=1S/C25H30NO4/c1-24(2,3)26-18-15-20-17(14-22(27)25(4,5)30-20)13-21(18)29-19(23(26)28)12-11-16-9-7-6-8-10-16/h6-10,13-15,19,22,27H,11-12H2,1-5H3/t19?,22-/m1/s1. The van der Waals surface area contributed by atoms with Crippen molar-refractivity contribution in [3.63, 3.8) is 0 Å². The van der Waals surface area contributed by atoms with Gasteiger partial charge in [-0.15, -0.1) is 0 Å². The van der Waals surface area contributed by atoms with Crippen LogP contribution in [-0.4, -0.2) is 34.4 Å². The molecule has 5 nitrogen and oxygen atoms in total. The summed E-state index contributed by atoms with van der Waals surface area (Å²) in [5, 5.41) is 10.4. The van der Waals surface area contributed by atoms with Gasteiger partial charge in [0.25, 0.3) is 5.91 Å². The van der Waals surface area contributed by atoms with Crippen LogP contribution < -0.4 is 14.4 Å². The van der Waals surface area contributed by atoms with Crippen molar-refractivity contribution in [1.29, 1.82) is 0 Å². The number of rotatable bonds is 3. The molecule has 2 heterocycles. The van der Waals surface area contributed by atoms with Gasteiger partial charge in [-0.1, -0.05) is 30.3 Å². The number of aliphatic hydroxyl groups is 1. The van der Waals surface area contributed by atoms with Gasteiger partial charge >= 0.3 is 0 Å². The predicted molar refractivity (Wildman–Crippen MR) is 117 cm³/mol. The summed E-state index contributed by atoms with van der Waals surface area (Å²) < 4.78 is 12.2. The highest BCUT2D eigenvalue weighted by atomic mass is 16.5. The summed E-state index contributed by atoms with van der Waals surface area (Å²) in [7, 11) is 0. The molecular formula is C25H30NO4. The summed E-state index contributed by atoms with van der Waals surface area (Å²) in [6.45, 7) is 9.76. The van der Waals surface area contributed by atoms with Crippen LogP contribution in [0.4, 0.5) is 5.69 Å². The van der Waals surface area contributed by atoms with Crippen LogP contribution in [0.5, 0.6) is 11.5 Å². The van der Waals surface area contributed by atoms with E-state index in [9.17, 15) is 9.90 Å². The molecule has 0 saturated carbocycles. The van der Waals surface area contributed by atoms with Gasteiger partial charge in [0.05, 0.1) is 5.69 Å². The molecule has 4 rings (SSSR count). The van der Waals surface area contributed by atoms with Crippen LogP contribution >= 0.6 is 0 Å². The molecule has 30 heavy (non-hydrogen) atoms. The van der Waals surface area contributed by atoms with Gasteiger partial charge in [0, 0.05) is 23.6 Å². The fourth-order valence-corrected chi connectivity index (χ4v) is 4.05. The molecule has 2 atom stereocenters. The molecule has 1 N–H and O–H groups in total. The number of amides is 1. The number of hydrogen-bond donors (Lipinski definition) is 1. The lowest BCUT2D eigenvalue weighted by atomic mass is 9.90. The molecule has 0 fully saturated rings. The van der Waals surface area contributed by atoms with Gasteiger partial charge < -0.3 is 19.5 Å². The maximum Gasteiger partial charge on any atom is 0.268 e. The van der Waals surface area contributed by atoms with E-state index >= 15 is 0 Å². The molecule has 2 aliphatic heterocycles. The largest absolute Gasteiger partial charge is 0.485 e. The molecule has 2 aromatic rings. The van der Waals surface area contributed by atoms with Crippen molar-refractivity contribution in [3.05, 3.63) is 60.0 Å². The monoisotopic (exact) mass is 408 g/mol. The van der Waals surface area contributed by atoms with E-state index in [0.717, 1.165) is 12.0 Å². The SMILES string of the molecule is CC1(C)Oc2cc3c(cc2[CH][C@H]1O)OC(CCc1ccccc1)C(=O)N3C(C)(C)C. The van der Waals surface area contributed by atoms with E-state index < -0.39 is 23.3 Å². The van der Waals surface area contributed by atoms with Gasteiger partial charge in [-0.2, -0.15) is 0 Å². The summed E-state index contributed by atoms with van der Waals surface area (Å²) >= 11 is 0. The van der Waals surface area contributed by atoms with Gasteiger partial charge in [0.2, 0.25) is 0 Å². The predicted octanol–water partition coefficient (Wildman–Crippen LogP) is 4.30. The fourth-order valence-electron chi connectivity index (χ4n) is 4.05. The number of hydrogen-bond acceptors (Lipinski definition) is 4. The van der Waals surface area contributed by atoms with Gasteiger partial charge in [0.1, 0.15) is 23.2 Å². The molecule has 0 aromatic heterocycles. The first-order chi connectivity index (χ1) is 14.1. The molecule has 0 spiro atoms. The second kappa shape index (κ2) is 7.31. The third-order valence-electron chi connectivity index (χ3n) is 5.73. The van der Waals surface area contributed by atoms with Crippen molar-refractivity contribution in [2.75, 3.05) is 4.90 Å². The number of benzene rings is 2. The Morgan fingerprint density at radius 2 is 1.80 bits per heavy atom. The normalized spacial score (nSPS) is 22.6. The van der Waals surface area contributed by atoms with Crippen LogP contribution in [0.15, 0.2) is 42.5 Å². The lowest BCUT2D eigenvalue weighted by molar-refractivity contribution is -0.127. The molecule has 1 radical (unpaired) electrons. The van der Waals surface area contributed by atoms with E-state index in [1.807, 2.05) is 69.9 Å². The maximum atomic E-state index is 13.4. The Morgan fingerprint density at radius 3 is 2.47 bits per heavy atom. The zero-order valence-electron chi connectivity index (χ0n) is 18.3. The van der Waals surface area contributed by atoms with E-state index in [1.165, 1.54) is 5.56 Å². The zero-order valence-corrected chi connectivity index (χ0v) is 18.3. The van der Waals surface area contributed by atoms with E-state index in [1.54, 1.807) is 6.42 Å². The Kier molecular flexibility index (Phi) is 5.05. The summed E-state index contributed by atoms with van der Waals surface area (Å²) in [6, 6.07) is 13.9. The third-order valence-corrected chi connectivity index (χ3v) is 5.73. The molecule has 0 aliphatic carbocycles. The molecule has 1 amide bonds. The number of aliphatic hydroxyl groups excluding tert-OH is 1. The van der Waals surface area contributed by atoms with E-state index in [2.05, 4.69) is 12.1 Å². The average molecular weight is 409 g/mol. The number of aryl methyl sites for hydroxylation is 1. The maximum absolute atomic E-state index is 13.4. The Hall–Kier alpha value is -2.53. The topological polar surface area (TPSA) is 59.0 Å².